The van der Waals surface area contributed by atoms with Crippen LogP contribution in [0.2, 0.25) is 0 Å². The number of hydrogen-bond acceptors (Lipinski definition) is 3. The van der Waals surface area contributed by atoms with Crippen LogP contribution in [-0.2, 0) is 6.54 Å². The van der Waals surface area contributed by atoms with E-state index >= 15 is 0 Å². The minimum Gasteiger partial charge on any atom is -0.493 e. The van der Waals surface area contributed by atoms with Crippen molar-refractivity contribution in [1.82, 2.24) is 5.32 Å². The fraction of sp³-hybridized carbons (Fsp3) is 0.529. The van der Waals surface area contributed by atoms with Gasteiger partial charge >= 0.3 is 0 Å². The fourth-order valence-electron chi connectivity index (χ4n) is 1.81. The van der Waals surface area contributed by atoms with Gasteiger partial charge in [0.1, 0.15) is 6.61 Å². The van der Waals surface area contributed by atoms with Crippen molar-refractivity contribution in [3.05, 3.63) is 33.8 Å². The maximum Gasteiger partial charge on any atom is 0.175 e. The average molecular weight is 356 g/mol. The Morgan fingerprint density at radius 2 is 2.05 bits per heavy atom. The van der Waals surface area contributed by atoms with Crippen LogP contribution in [0.15, 0.2) is 28.3 Å². The standard InChI is InChI=1S/C17H26BrNO2/c1-12(2)6-7-21-17-15(18)8-14(9-16(17)20-5)11-19-10-13(3)4/h6,8-9,13,19H,7,10-11H2,1-5H3. The van der Waals surface area contributed by atoms with Crippen LogP contribution in [0.25, 0.3) is 0 Å². The predicted molar refractivity (Wildman–Crippen MR) is 92.2 cm³/mol. The molecule has 0 saturated carbocycles. The minimum atomic E-state index is 0.544. The number of methoxy groups -OCH3 is 1. The molecule has 0 aliphatic carbocycles. The van der Waals surface area contributed by atoms with Crippen LogP contribution in [0.4, 0.5) is 0 Å². The second kappa shape index (κ2) is 9.11. The molecule has 21 heavy (non-hydrogen) atoms. The molecule has 0 fully saturated rings. The summed E-state index contributed by atoms with van der Waals surface area (Å²) < 4.78 is 12.2. The number of ether oxygens (including phenoxy) is 2. The Balaban J connectivity index is 2.79. The SMILES string of the molecule is COc1cc(CNCC(C)C)cc(Br)c1OCC=C(C)C. The highest BCUT2D eigenvalue weighted by molar-refractivity contribution is 9.10. The van der Waals surface area contributed by atoms with Crippen LogP contribution in [0.5, 0.6) is 11.5 Å². The topological polar surface area (TPSA) is 30.5 Å². The van der Waals surface area contributed by atoms with Gasteiger partial charge in [0.2, 0.25) is 0 Å². The lowest BCUT2D eigenvalue weighted by Gasteiger charge is -2.14. The van der Waals surface area contributed by atoms with Gasteiger partial charge in [-0.25, -0.2) is 0 Å². The summed E-state index contributed by atoms with van der Waals surface area (Å²) in [6.45, 7) is 10.9. The third-order valence-electron chi connectivity index (χ3n) is 2.89. The molecule has 0 aromatic heterocycles. The molecule has 118 valence electrons. The van der Waals surface area contributed by atoms with Crippen LogP contribution >= 0.6 is 15.9 Å². The van der Waals surface area contributed by atoms with Gasteiger partial charge in [0.05, 0.1) is 11.6 Å². The van der Waals surface area contributed by atoms with Crippen LogP contribution in [0.3, 0.4) is 0 Å². The number of nitrogens with one attached hydrogen (secondary N) is 1. The lowest BCUT2D eigenvalue weighted by atomic mass is 10.2. The van der Waals surface area contributed by atoms with E-state index in [0.29, 0.717) is 12.5 Å². The van der Waals surface area contributed by atoms with Gasteiger partial charge in [-0.05, 0) is 66.0 Å². The van der Waals surface area contributed by atoms with Crippen LogP contribution in [0.1, 0.15) is 33.3 Å². The van der Waals surface area contributed by atoms with Crippen LogP contribution < -0.4 is 14.8 Å². The van der Waals surface area contributed by atoms with E-state index in [1.807, 2.05) is 12.1 Å². The zero-order valence-electron chi connectivity index (χ0n) is 13.6. The van der Waals surface area contributed by atoms with Crippen molar-refractivity contribution in [3.63, 3.8) is 0 Å². The molecule has 0 aliphatic heterocycles. The van der Waals surface area contributed by atoms with Crippen LogP contribution in [0, 0.1) is 5.92 Å². The van der Waals surface area contributed by atoms with E-state index in [1.165, 1.54) is 11.1 Å². The molecular weight excluding hydrogens is 330 g/mol. The average Bonchev–Trinajstić information content (AvgIpc) is 2.39. The molecule has 0 saturated heterocycles. The van der Waals surface area contributed by atoms with E-state index in [2.05, 4.69) is 55.0 Å². The molecule has 0 radical (unpaired) electrons. The van der Waals surface area contributed by atoms with Gasteiger partial charge in [-0.3, -0.25) is 0 Å². The number of benzene rings is 1. The fourth-order valence-corrected chi connectivity index (χ4v) is 2.42. The van der Waals surface area contributed by atoms with E-state index < -0.39 is 0 Å². The largest absolute Gasteiger partial charge is 0.493 e. The Kier molecular flexibility index (Phi) is 7.83. The summed E-state index contributed by atoms with van der Waals surface area (Å²) in [7, 11) is 1.67. The Morgan fingerprint density at radius 1 is 1.33 bits per heavy atom. The Morgan fingerprint density at radius 3 is 2.62 bits per heavy atom. The van der Waals surface area contributed by atoms with Gasteiger partial charge in [-0.2, -0.15) is 0 Å². The summed E-state index contributed by atoms with van der Waals surface area (Å²) >= 11 is 3.57. The normalized spacial score (nSPS) is 10.6. The van der Waals surface area contributed by atoms with Gasteiger partial charge in [-0.15, -0.1) is 0 Å². The van der Waals surface area contributed by atoms with Crippen molar-refractivity contribution in [1.29, 1.82) is 0 Å². The Bertz CT molecular complexity index is 480. The molecule has 0 amide bonds. The second-order valence-electron chi connectivity index (χ2n) is 5.73. The summed E-state index contributed by atoms with van der Waals surface area (Å²) in [6.07, 6.45) is 2.05. The molecule has 0 heterocycles. The summed E-state index contributed by atoms with van der Waals surface area (Å²) in [5, 5.41) is 3.43. The monoisotopic (exact) mass is 355 g/mol. The predicted octanol–water partition coefficient (Wildman–Crippen LogP) is 4.55. The molecule has 0 aliphatic rings. The Hall–Kier alpha value is -1.00. The molecule has 4 heteroatoms. The highest BCUT2D eigenvalue weighted by Crippen LogP contribution is 2.36. The molecule has 0 spiro atoms. The third kappa shape index (κ3) is 6.53. The quantitative estimate of drug-likeness (QED) is 0.694. The molecule has 1 N–H and O–H groups in total. The van der Waals surface area contributed by atoms with E-state index in [9.17, 15) is 0 Å². The zero-order valence-corrected chi connectivity index (χ0v) is 15.2. The highest BCUT2D eigenvalue weighted by atomic mass is 79.9. The van der Waals surface area contributed by atoms with Crippen molar-refractivity contribution in [2.24, 2.45) is 5.92 Å². The second-order valence-corrected chi connectivity index (χ2v) is 6.58. The molecular formula is C17H26BrNO2. The number of rotatable bonds is 8. The molecule has 0 atom stereocenters. The van der Waals surface area contributed by atoms with Gasteiger partial charge in [-0.1, -0.05) is 19.4 Å². The molecule has 1 aromatic carbocycles. The lowest BCUT2D eigenvalue weighted by Crippen LogP contribution is -2.19. The van der Waals surface area contributed by atoms with E-state index in [0.717, 1.165) is 29.1 Å². The van der Waals surface area contributed by atoms with Crippen molar-refractivity contribution in [2.75, 3.05) is 20.3 Å². The molecule has 0 unspecified atom stereocenters. The van der Waals surface area contributed by atoms with Gasteiger partial charge in [0.25, 0.3) is 0 Å². The number of hydrogen-bond donors (Lipinski definition) is 1. The van der Waals surface area contributed by atoms with Crippen molar-refractivity contribution in [3.8, 4) is 11.5 Å². The summed E-state index contributed by atoms with van der Waals surface area (Å²) in [5.41, 5.74) is 2.41. The first kappa shape index (κ1) is 18.1. The lowest BCUT2D eigenvalue weighted by molar-refractivity contribution is 0.323. The molecule has 0 bridgehead atoms. The van der Waals surface area contributed by atoms with Gasteiger partial charge < -0.3 is 14.8 Å². The highest BCUT2D eigenvalue weighted by Gasteiger charge is 2.11. The number of halogens is 1. The third-order valence-corrected chi connectivity index (χ3v) is 3.48. The molecule has 3 nitrogen and oxygen atoms in total. The first-order chi connectivity index (χ1) is 9.93. The minimum absolute atomic E-state index is 0.544. The summed E-state index contributed by atoms with van der Waals surface area (Å²) in [6, 6.07) is 4.10. The molecule has 1 rings (SSSR count). The summed E-state index contributed by atoms with van der Waals surface area (Å²) in [5.74, 6) is 2.15. The van der Waals surface area contributed by atoms with Crippen LogP contribution in [-0.4, -0.2) is 20.3 Å². The maximum atomic E-state index is 5.80. The van der Waals surface area contributed by atoms with Gasteiger partial charge in [0.15, 0.2) is 11.5 Å². The number of allylic oxidation sites excluding steroid dienone is 1. The van der Waals surface area contributed by atoms with Crippen molar-refractivity contribution >= 4 is 15.9 Å². The Labute approximate surface area is 136 Å². The van der Waals surface area contributed by atoms with E-state index in [1.54, 1.807) is 7.11 Å². The maximum absolute atomic E-state index is 5.80. The zero-order chi connectivity index (χ0) is 15.8. The van der Waals surface area contributed by atoms with E-state index in [-0.39, 0.29) is 0 Å². The van der Waals surface area contributed by atoms with Gasteiger partial charge in [0, 0.05) is 6.54 Å². The first-order valence-corrected chi connectivity index (χ1v) is 8.06. The van der Waals surface area contributed by atoms with Crippen molar-refractivity contribution in [2.45, 2.75) is 34.2 Å². The molecule has 1 aromatic rings. The van der Waals surface area contributed by atoms with Crippen molar-refractivity contribution < 1.29 is 9.47 Å². The summed E-state index contributed by atoms with van der Waals surface area (Å²) in [4.78, 5) is 0. The first-order valence-electron chi connectivity index (χ1n) is 7.27. The van der Waals surface area contributed by atoms with E-state index in [4.69, 9.17) is 9.47 Å². The smallest absolute Gasteiger partial charge is 0.175 e.